The van der Waals surface area contributed by atoms with Crippen molar-refractivity contribution >= 4 is 38.9 Å². The minimum Gasteiger partial charge on any atom is -0.397 e. The Kier molecular flexibility index (Phi) is 5.33. The number of piperidine rings is 1. The van der Waals surface area contributed by atoms with E-state index in [1.54, 1.807) is 6.07 Å². The first-order valence-corrected chi connectivity index (χ1v) is 9.49. The Morgan fingerprint density at radius 3 is 2.76 bits per heavy atom. The van der Waals surface area contributed by atoms with Gasteiger partial charge in [-0.3, -0.25) is 4.79 Å². The summed E-state index contributed by atoms with van der Waals surface area (Å²) in [6.45, 7) is 5.38. The van der Waals surface area contributed by atoms with Crippen molar-refractivity contribution in [2.24, 2.45) is 0 Å². The summed E-state index contributed by atoms with van der Waals surface area (Å²) in [5.74, 6) is -0.166. The van der Waals surface area contributed by atoms with E-state index in [2.05, 4.69) is 40.0 Å². The Labute approximate surface area is 157 Å². The van der Waals surface area contributed by atoms with Crippen LogP contribution in [0.5, 0.6) is 0 Å². The zero-order valence-corrected chi connectivity index (χ0v) is 16.3. The normalized spacial score (nSPS) is 17.4. The van der Waals surface area contributed by atoms with Gasteiger partial charge in [0.25, 0.3) is 5.91 Å². The van der Waals surface area contributed by atoms with Crippen molar-refractivity contribution in [1.82, 2.24) is 0 Å². The van der Waals surface area contributed by atoms with Gasteiger partial charge in [0.15, 0.2) is 0 Å². The molecule has 3 N–H and O–H groups in total. The number of anilines is 3. The highest BCUT2D eigenvalue weighted by Gasteiger charge is 2.21. The fourth-order valence-electron chi connectivity index (χ4n) is 3.43. The first kappa shape index (κ1) is 17.8. The van der Waals surface area contributed by atoms with Crippen LogP contribution in [0.25, 0.3) is 0 Å². The molecule has 1 saturated heterocycles. The molecule has 4 nitrogen and oxygen atoms in total. The van der Waals surface area contributed by atoms with Gasteiger partial charge >= 0.3 is 0 Å². The van der Waals surface area contributed by atoms with Crippen LogP contribution in [0.3, 0.4) is 0 Å². The lowest BCUT2D eigenvalue weighted by atomic mass is 10.0. The van der Waals surface area contributed by atoms with Gasteiger partial charge in [0, 0.05) is 22.7 Å². The number of hydrogen-bond acceptors (Lipinski definition) is 3. The van der Waals surface area contributed by atoms with Crippen molar-refractivity contribution in [3.8, 4) is 0 Å². The van der Waals surface area contributed by atoms with Crippen LogP contribution >= 0.6 is 15.9 Å². The lowest BCUT2D eigenvalue weighted by Gasteiger charge is -2.36. The zero-order valence-electron chi connectivity index (χ0n) is 14.7. The summed E-state index contributed by atoms with van der Waals surface area (Å²) in [6.07, 6.45) is 3.67. The van der Waals surface area contributed by atoms with Gasteiger partial charge in [0.2, 0.25) is 0 Å². The fraction of sp³-hybridized carbons (Fsp3) is 0.350. The number of nitrogens with two attached hydrogens (primary N) is 1. The zero-order chi connectivity index (χ0) is 18.0. The van der Waals surface area contributed by atoms with Crippen LogP contribution < -0.4 is 16.0 Å². The Morgan fingerprint density at radius 2 is 2.04 bits per heavy atom. The van der Waals surface area contributed by atoms with Crippen molar-refractivity contribution < 1.29 is 4.79 Å². The summed E-state index contributed by atoms with van der Waals surface area (Å²) in [7, 11) is 0. The second-order valence-corrected chi connectivity index (χ2v) is 7.55. The van der Waals surface area contributed by atoms with Crippen molar-refractivity contribution in [1.29, 1.82) is 0 Å². The molecule has 1 aliphatic rings. The van der Waals surface area contributed by atoms with Crippen LogP contribution in [0.15, 0.2) is 40.9 Å². The monoisotopic (exact) mass is 401 g/mol. The lowest BCUT2D eigenvalue weighted by Crippen LogP contribution is -2.37. The molecule has 0 aromatic heterocycles. The molecule has 1 atom stereocenters. The SMILES string of the molecule is Cc1cc(N)c(NC(=O)c2ccccc2Br)cc1N1CCCC[C@@H]1C. The smallest absolute Gasteiger partial charge is 0.256 e. The third-order valence-corrected chi connectivity index (χ3v) is 5.54. The summed E-state index contributed by atoms with van der Waals surface area (Å²) in [5.41, 5.74) is 10.3. The highest BCUT2D eigenvalue weighted by atomic mass is 79.9. The van der Waals surface area contributed by atoms with E-state index in [0.29, 0.717) is 23.0 Å². The van der Waals surface area contributed by atoms with Gasteiger partial charge in [-0.05, 0) is 78.9 Å². The second kappa shape index (κ2) is 7.48. The van der Waals surface area contributed by atoms with E-state index in [9.17, 15) is 4.79 Å². The van der Waals surface area contributed by atoms with Crippen LogP contribution in [0.4, 0.5) is 17.1 Å². The van der Waals surface area contributed by atoms with Crippen LogP contribution in [-0.4, -0.2) is 18.5 Å². The predicted octanol–water partition coefficient (Wildman–Crippen LogP) is 4.97. The van der Waals surface area contributed by atoms with Gasteiger partial charge in [0.05, 0.1) is 16.9 Å². The molecule has 2 aromatic carbocycles. The standard InChI is InChI=1S/C20H24BrN3O/c1-13-11-17(22)18(12-19(13)24-10-6-5-7-14(24)2)23-20(25)15-8-3-4-9-16(15)21/h3-4,8-9,11-12,14H,5-7,10,22H2,1-2H3,(H,23,25)/t14-/m0/s1. The molecule has 0 radical (unpaired) electrons. The van der Waals surface area contributed by atoms with Crippen LogP contribution in [0.2, 0.25) is 0 Å². The molecule has 25 heavy (non-hydrogen) atoms. The van der Waals surface area contributed by atoms with Crippen LogP contribution in [0.1, 0.15) is 42.1 Å². The molecule has 0 unspecified atom stereocenters. The first-order valence-electron chi connectivity index (χ1n) is 8.70. The average Bonchev–Trinajstić information content (AvgIpc) is 2.58. The van der Waals surface area contributed by atoms with Crippen molar-refractivity contribution in [3.63, 3.8) is 0 Å². The van der Waals surface area contributed by atoms with E-state index in [4.69, 9.17) is 5.73 Å². The molecule has 1 aliphatic heterocycles. The number of nitrogens with one attached hydrogen (secondary N) is 1. The topological polar surface area (TPSA) is 58.4 Å². The molecule has 1 fully saturated rings. The molecule has 0 aliphatic carbocycles. The average molecular weight is 402 g/mol. The Balaban J connectivity index is 1.90. The van der Waals surface area contributed by atoms with E-state index in [0.717, 1.165) is 22.3 Å². The maximum Gasteiger partial charge on any atom is 0.256 e. The maximum absolute atomic E-state index is 12.6. The third-order valence-electron chi connectivity index (χ3n) is 4.85. The number of aryl methyl sites for hydroxylation is 1. The molecular weight excluding hydrogens is 378 g/mol. The molecule has 3 rings (SSSR count). The number of nitrogen functional groups attached to an aromatic ring is 1. The number of hydrogen-bond donors (Lipinski definition) is 2. The second-order valence-electron chi connectivity index (χ2n) is 6.70. The highest BCUT2D eigenvalue weighted by Crippen LogP contribution is 2.34. The maximum atomic E-state index is 12.6. The number of carbonyl (C=O) groups is 1. The number of benzene rings is 2. The summed E-state index contributed by atoms with van der Waals surface area (Å²) in [6, 6.07) is 11.8. The highest BCUT2D eigenvalue weighted by molar-refractivity contribution is 9.10. The number of carbonyl (C=O) groups excluding carboxylic acids is 1. The molecule has 0 spiro atoms. The molecule has 1 amide bonds. The molecule has 0 bridgehead atoms. The van der Waals surface area contributed by atoms with E-state index in [1.165, 1.54) is 19.3 Å². The molecule has 5 heteroatoms. The number of halogens is 1. The Hall–Kier alpha value is -2.01. The first-order chi connectivity index (χ1) is 12.0. The van der Waals surface area contributed by atoms with Crippen LogP contribution in [-0.2, 0) is 0 Å². The van der Waals surface area contributed by atoms with E-state index in [1.807, 2.05) is 30.3 Å². The largest absolute Gasteiger partial charge is 0.397 e. The quantitative estimate of drug-likeness (QED) is 0.713. The van der Waals surface area contributed by atoms with Gasteiger partial charge in [-0.1, -0.05) is 12.1 Å². The molecule has 0 saturated carbocycles. The van der Waals surface area contributed by atoms with Gasteiger partial charge in [-0.2, -0.15) is 0 Å². The summed E-state index contributed by atoms with van der Waals surface area (Å²) >= 11 is 3.42. The molecule has 1 heterocycles. The van der Waals surface area contributed by atoms with Crippen LogP contribution in [0, 0.1) is 6.92 Å². The fourth-order valence-corrected chi connectivity index (χ4v) is 3.89. The minimum absolute atomic E-state index is 0.166. The van der Waals surface area contributed by atoms with Crippen molar-refractivity contribution in [2.45, 2.75) is 39.2 Å². The van der Waals surface area contributed by atoms with Gasteiger partial charge < -0.3 is 16.0 Å². The van der Waals surface area contributed by atoms with Gasteiger partial charge in [0.1, 0.15) is 0 Å². The van der Waals surface area contributed by atoms with E-state index in [-0.39, 0.29) is 5.91 Å². The van der Waals surface area contributed by atoms with Gasteiger partial charge in [-0.15, -0.1) is 0 Å². The minimum atomic E-state index is -0.166. The van der Waals surface area contributed by atoms with Crippen molar-refractivity contribution in [2.75, 3.05) is 22.5 Å². The Morgan fingerprint density at radius 1 is 1.28 bits per heavy atom. The number of amides is 1. The Bertz CT molecular complexity index is 791. The third kappa shape index (κ3) is 3.82. The number of nitrogens with zero attached hydrogens (tertiary/aromatic N) is 1. The summed E-state index contributed by atoms with van der Waals surface area (Å²) < 4.78 is 0.767. The molecule has 132 valence electrons. The lowest BCUT2D eigenvalue weighted by molar-refractivity contribution is 0.102. The van der Waals surface area contributed by atoms with E-state index < -0.39 is 0 Å². The number of rotatable bonds is 3. The molecule has 2 aromatic rings. The summed E-state index contributed by atoms with van der Waals surface area (Å²) in [4.78, 5) is 15.0. The van der Waals surface area contributed by atoms with Crippen molar-refractivity contribution in [3.05, 3.63) is 52.0 Å². The van der Waals surface area contributed by atoms with Gasteiger partial charge in [-0.25, -0.2) is 0 Å². The van der Waals surface area contributed by atoms with E-state index >= 15 is 0 Å². The predicted molar refractivity (Wildman–Crippen MR) is 108 cm³/mol. The summed E-state index contributed by atoms with van der Waals surface area (Å²) in [5, 5.41) is 2.97. The molecular formula is C20H24BrN3O.